The zero-order chi connectivity index (χ0) is 27.6. The van der Waals surface area contributed by atoms with Crippen molar-refractivity contribution in [2.24, 2.45) is 5.73 Å². The van der Waals surface area contributed by atoms with Gasteiger partial charge < -0.3 is 20.5 Å². The smallest absolute Gasteiger partial charge is 0.244 e. The molecule has 1 aliphatic heterocycles. The minimum atomic E-state index is -1.25. The van der Waals surface area contributed by atoms with Gasteiger partial charge in [0.1, 0.15) is 22.9 Å². The molecule has 1 saturated heterocycles. The predicted octanol–water partition coefficient (Wildman–Crippen LogP) is 3.30. The molecule has 2 fully saturated rings. The van der Waals surface area contributed by atoms with E-state index in [1.807, 2.05) is 60.7 Å². The van der Waals surface area contributed by atoms with Crippen molar-refractivity contribution in [2.45, 2.75) is 36.9 Å². The molecule has 2 amide bonds. The first kappa shape index (κ1) is 26.4. The van der Waals surface area contributed by atoms with Gasteiger partial charge in [0.2, 0.25) is 11.8 Å². The van der Waals surface area contributed by atoms with Crippen LogP contribution in [0.15, 0.2) is 84.1 Å². The molecule has 2 aliphatic carbocycles. The number of nitrogens with zero attached hydrogens (tertiary/aromatic N) is 3. The molecule has 1 saturated carbocycles. The molecular weight excluding hydrogens is 526 g/mol. The van der Waals surface area contributed by atoms with E-state index in [9.17, 15) is 9.59 Å². The number of nitrogens with two attached hydrogens (primary N) is 1. The summed E-state index contributed by atoms with van der Waals surface area (Å²) in [5.74, 6) is -0.187. The van der Waals surface area contributed by atoms with Crippen molar-refractivity contribution in [3.05, 3.63) is 94.7 Å². The Morgan fingerprint density at radius 2 is 1.70 bits per heavy atom. The van der Waals surface area contributed by atoms with Gasteiger partial charge in [-0.1, -0.05) is 78.1 Å². The summed E-state index contributed by atoms with van der Waals surface area (Å²) in [4.78, 5) is 28.8. The molecule has 6 rings (SSSR count). The number of hydrogen-bond acceptors (Lipinski definition) is 8. The molecule has 1 unspecified atom stereocenters. The van der Waals surface area contributed by atoms with E-state index < -0.39 is 17.0 Å². The van der Waals surface area contributed by atoms with Gasteiger partial charge in [0, 0.05) is 30.6 Å². The van der Waals surface area contributed by atoms with Crippen LogP contribution in [0.2, 0.25) is 0 Å². The first-order chi connectivity index (χ1) is 19.5. The number of nitrogens with one attached hydrogen (secondary N) is 1. The molecule has 9 nitrogen and oxygen atoms in total. The number of rotatable bonds is 9. The second-order valence-electron chi connectivity index (χ2n) is 10.3. The molecule has 3 aromatic rings. The number of hydrogen-bond donors (Lipinski definition) is 2. The molecule has 206 valence electrons. The lowest BCUT2D eigenvalue weighted by molar-refractivity contribution is -0.132. The highest BCUT2D eigenvalue weighted by Crippen LogP contribution is 2.47. The SMILES string of the molecule is NC(=O)C1=CC=C(OCc2ccccc2)C(NC(=O)C2(N3CCOCC3)CC2)(c2nnc(-c3ccccc3)s2)C1. The van der Waals surface area contributed by atoms with Crippen molar-refractivity contribution in [3.8, 4) is 10.6 Å². The number of amides is 2. The molecule has 0 spiro atoms. The number of primary amides is 1. The predicted molar refractivity (Wildman–Crippen MR) is 151 cm³/mol. The summed E-state index contributed by atoms with van der Waals surface area (Å²) in [6.45, 7) is 2.85. The highest BCUT2D eigenvalue weighted by Gasteiger charge is 2.58. The van der Waals surface area contributed by atoms with E-state index in [2.05, 4.69) is 20.4 Å². The highest BCUT2D eigenvalue weighted by atomic mass is 32.1. The van der Waals surface area contributed by atoms with Crippen LogP contribution in [0.25, 0.3) is 10.6 Å². The first-order valence-electron chi connectivity index (χ1n) is 13.4. The van der Waals surface area contributed by atoms with Crippen molar-refractivity contribution in [3.63, 3.8) is 0 Å². The maximum absolute atomic E-state index is 14.2. The maximum Gasteiger partial charge on any atom is 0.244 e. The van der Waals surface area contributed by atoms with Crippen LogP contribution in [0.4, 0.5) is 0 Å². The number of morpholine rings is 1. The maximum atomic E-state index is 14.2. The Kier molecular flexibility index (Phi) is 7.22. The number of benzene rings is 2. The van der Waals surface area contributed by atoms with E-state index >= 15 is 0 Å². The Bertz CT molecular complexity index is 1440. The van der Waals surface area contributed by atoms with E-state index in [1.165, 1.54) is 11.3 Å². The number of ether oxygens (including phenoxy) is 2. The highest BCUT2D eigenvalue weighted by molar-refractivity contribution is 7.14. The Labute approximate surface area is 236 Å². The lowest BCUT2D eigenvalue weighted by Gasteiger charge is -2.40. The molecular formula is C30H31N5O4S. The average Bonchev–Trinajstić information content (AvgIpc) is 3.66. The van der Waals surface area contributed by atoms with Gasteiger partial charge in [-0.2, -0.15) is 0 Å². The first-order valence-corrected chi connectivity index (χ1v) is 14.2. The Morgan fingerprint density at radius 3 is 2.38 bits per heavy atom. The standard InChI is InChI=1S/C30H31N5O4S/c31-25(36)23-11-12-24(39-20-21-7-3-1-4-8-21)30(19-23,28-34-33-26(40-28)22-9-5-2-6-10-22)32-27(37)29(13-14-29)35-15-17-38-18-16-35/h1-12H,13-20H2,(H2,31,36)(H,32,37). The summed E-state index contributed by atoms with van der Waals surface area (Å²) < 4.78 is 12.0. The van der Waals surface area contributed by atoms with Crippen LogP contribution in [-0.2, 0) is 31.2 Å². The molecule has 10 heteroatoms. The summed E-state index contributed by atoms with van der Waals surface area (Å²) in [5, 5.41) is 13.6. The van der Waals surface area contributed by atoms with Gasteiger partial charge in [-0.3, -0.25) is 14.5 Å². The zero-order valence-electron chi connectivity index (χ0n) is 22.0. The number of carbonyl (C=O) groups excluding carboxylic acids is 2. The Hall–Kier alpha value is -3.86. The van der Waals surface area contributed by atoms with Crippen molar-refractivity contribution in [1.82, 2.24) is 20.4 Å². The lowest BCUT2D eigenvalue weighted by Crippen LogP contribution is -2.59. The van der Waals surface area contributed by atoms with Gasteiger partial charge in [-0.05, 0) is 24.5 Å². The van der Waals surface area contributed by atoms with Crippen molar-refractivity contribution in [1.29, 1.82) is 0 Å². The van der Waals surface area contributed by atoms with Gasteiger partial charge in [0.15, 0.2) is 10.5 Å². The van der Waals surface area contributed by atoms with Gasteiger partial charge in [0.05, 0.1) is 13.2 Å². The van der Waals surface area contributed by atoms with Crippen LogP contribution in [0.5, 0.6) is 0 Å². The van der Waals surface area contributed by atoms with Gasteiger partial charge in [-0.25, -0.2) is 0 Å². The molecule has 1 aromatic heterocycles. The third-order valence-corrected chi connectivity index (χ3v) is 8.90. The van der Waals surface area contributed by atoms with Crippen LogP contribution in [0, 0.1) is 0 Å². The fourth-order valence-electron chi connectivity index (χ4n) is 5.37. The summed E-state index contributed by atoms with van der Waals surface area (Å²) in [6, 6.07) is 19.5. The lowest BCUT2D eigenvalue weighted by atomic mass is 9.84. The fourth-order valence-corrected chi connectivity index (χ4v) is 6.36. The summed E-state index contributed by atoms with van der Waals surface area (Å²) in [5.41, 5.74) is 6.16. The third-order valence-electron chi connectivity index (χ3n) is 7.77. The van der Waals surface area contributed by atoms with Crippen LogP contribution in [0.3, 0.4) is 0 Å². The second kappa shape index (κ2) is 11.0. The van der Waals surface area contributed by atoms with Gasteiger partial charge >= 0.3 is 0 Å². The number of allylic oxidation sites excluding steroid dienone is 2. The quantitative estimate of drug-likeness (QED) is 0.414. The molecule has 3 N–H and O–H groups in total. The molecule has 40 heavy (non-hydrogen) atoms. The second-order valence-corrected chi connectivity index (χ2v) is 11.3. The minimum Gasteiger partial charge on any atom is -0.490 e. The normalized spacial score (nSPS) is 22.1. The van der Waals surface area contributed by atoms with Crippen molar-refractivity contribution in [2.75, 3.05) is 26.3 Å². The van der Waals surface area contributed by atoms with Crippen molar-refractivity contribution < 1.29 is 19.1 Å². The van der Waals surface area contributed by atoms with Crippen LogP contribution < -0.4 is 11.1 Å². The van der Waals surface area contributed by atoms with E-state index in [1.54, 1.807) is 12.2 Å². The summed E-state index contributed by atoms with van der Waals surface area (Å²) in [7, 11) is 0. The largest absolute Gasteiger partial charge is 0.490 e. The Morgan fingerprint density at radius 1 is 1.00 bits per heavy atom. The fraction of sp³-hybridized carbons (Fsp3) is 0.333. The minimum absolute atomic E-state index is 0.108. The average molecular weight is 558 g/mol. The monoisotopic (exact) mass is 557 g/mol. The molecule has 2 aromatic carbocycles. The van der Waals surface area contributed by atoms with Crippen molar-refractivity contribution >= 4 is 23.2 Å². The zero-order valence-corrected chi connectivity index (χ0v) is 22.9. The molecule has 0 bridgehead atoms. The van der Waals surface area contributed by atoms with E-state index in [-0.39, 0.29) is 18.9 Å². The van der Waals surface area contributed by atoms with E-state index in [0.717, 1.165) is 24.0 Å². The number of aromatic nitrogens is 2. The van der Waals surface area contributed by atoms with Crippen LogP contribution in [0.1, 0.15) is 29.8 Å². The molecule has 0 radical (unpaired) electrons. The number of carbonyl (C=O) groups is 2. The van der Waals surface area contributed by atoms with Gasteiger partial charge in [-0.15, -0.1) is 10.2 Å². The van der Waals surface area contributed by atoms with Crippen LogP contribution in [-0.4, -0.2) is 58.8 Å². The third kappa shape index (κ3) is 5.05. The topological polar surface area (TPSA) is 120 Å². The Balaban J connectivity index is 1.40. The van der Waals surface area contributed by atoms with E-state index in [0.29, 0.717) is 47.7 Å². The van der Waals surface area contributed by atoms with Crippen LogP contribution >= 0.6 is 11.3 Å². The summed E-state index contributed by atoms with van der Waals surface area (Å²) >= 11 is 1.37. The van der Waals surface area contributed by atoms with Gasteiger partial charge in [0.25, 0.3) is 0 Å². The van der Waals surface area contributed by atoms with E-state index in [4.69, 9.17) is 15.2 Å². The molecule has 3 aliphatic rings. The molecule has 1 atom stereocenters. The summed E-state index contributed by atoms with van der Waals surface area (Å²) in [6.07, 6.45) is 5.01. The molecule has 2 heterocycles.